The fourth-order valence-corrected chi connectivity index (χ4v) is 2.26. The van der Waals surface area contributed by atoms with Gasteiger partial charge in [-0.3, -0.25) is 4.79 Å². The summed E-state index contributed by atoms with van der Waals surface area (Å²) in [6, 6.07) is 8.29. The van der Waals surface area contributed by atoms with Crippen molar-refractivity contribution in [2.75, 3.05) is 19.0 Å². The summed E-state index contributed by atoms with van der Waals surface area (Å²) in [6.07, 6.45) is 2.58. The molecule has 0 bridgehead atoms. The Kier molecular flexibility index (Phi) is 4.59. The number of para-hydroxylation sites is 1. The molecule has 0 spiro atoms. The third kappa shape index (κ3) is 3.47. The van der Waals surface area contributed by atoms with Gasteiger partial charge in [-0.25, -0.2) is 0 Å². The van der Waals surface area contributed by atoms with Gasteiger partial charge in [0.25, 0.3) is 0 Å². The average Bonchev–Trinajstić information content (AvgIpc) is 2.56. The van der Waals surface area contributed by atoms with Crippen molar-refractivity contribution in [3.63, 3.8) is 0 Å². The van der Waals surface area contributed by atoms with Gasteiger partial charge in [-0.2, -0.15) is 0 Å². The van der Waals surface area contributed by atoms with Gasteiger partial charge in [-0.1, -0.05) is 18.2 Å². The van der Waals surface area contributed by atoms with Crippen molar-refractivity contribution >= 4 is 11.6 Å². The lowest BCUT2D eigenvalue weighted by atomic mass is 10.1. The number of nitrogens with one attached hydrogen (secondary N) is 2. The first-order chi connectivity index (χ1) is 8.79. The molecule has 1 fully saturated rings. The van der Waals surface area contributed by atoms with Crippen molar-refractivity contribution in [2.24, 2.45) is 0 Å². The van der Waals surface area contributed by atoms with Crippen LogP contribution in [0.1, 0.15) is 24.8 Å². The zero-order chi connectivity index (χ0) is 12.8. The number of rotatable bonds is 4. The maximum Gasteiger partial charge on any atom is 0.222 e. The molecule has 18 heavy (non-hydrogen) atoms. The molecule has 4 nitrogen and oxygen atoms in total. The smallest absolute Gasteiger partial charge is 0.222 e. The van der Waals surface area contributed by atoms with Crippen LogP contribution in [0.2, 0.25) is 0 Å². The van der Waals surface area contributed by atoms with Crippen LogP contribution in [0.25, 0.3) is 0 Å². The molecule has 1 aliphatic rings. The molecule has 0 aliphatic carbocycles. The highest BCUT2D eigenvalue weighted by Gasteiger charge is 2.17. The number of hydrogen-bond donors (Lipinski definition) is 2. The Morgan fingerprint density at radius 1 is 1.44 bits per heavy atom. The number of ether oxygens (including phenoxy) is 1. The van der Waals surface area contributed by atoms with Gasteiger partial charge >= 0.3 is 0 Å². The monoisotopic (exact) mass is 248 g/mol. The summed E-state index contributed by atoms with van der Waals surface area (Å²) in [7, 11) is 1.69. The second-order valence-corrected chi connectivity index (χ2v) is 4.63. The van der Waals surface area contributed by atoms with E-state index in [9.17, 15) is 4.79 Å². The Morgan fingerprint density at radius 3 is 3.11 bits per heavy atom. The maximum atomic E-state index is 11.5. The van der Waals surface area contributed by atoms with Gasteiger partial charge in [0, 0.05) is 37.4 Å². The molecule has 1 unspecified atom stereocenters. The summed E-state index contributed by atoms with van der Waals surface area (Å²) < 4.78 is 5.18. The second-order valence-electron chi connectivity index (χ2n) is 4.63. The van der Waals surface area contributed by atoms with Crippen molar-refractivity contribution in [2.45, 2.75) is 31.9 Å². The Bertz CT molecular complexity index is 407. The van der Waals surface area contributed by atoms with E-state index in [4.69, 9.17) is 4.74 Å². The fourth-order valence-electron chi connectivity index (χ4n) is 2.26. The minimum atomic E-state index is 0.134. The number of amides is 1. The Hall–Kier alpha value is -1.55. The number of methoxy groups -OCH3 is 1. The number of carbonyl (C=O) groups is 1. The predicted molar refractivity (Wildman–Crippen MR) is 71.4 cm³/mol. The summed E-state index contributed by atoms with van der Waals surface area (Å²) >= 11 is 0. The Labute approximate surface area is 108 Å². The molecule has 1 saturated heterocycles. The van der Waals surface area contributed by atoms with E-state index in [-0.39, 0.29) is 11.9 Å². The van der Waals surface area contributed by atoms with Gasteiger partial charge < -0.3 is 15.4 Å². The van der Waals surface area contributed by atoms with Gasteiger partial charge in [-0.15, -0.1) is 0 Å². The van der Waals surface area contributed by atoms with Crippen molar-refractivity contribution in [1.82, 2.24) is 5.32 Å². The normalized spacial score (nSPS) is 20.1. The van der Waals surface area contributed by atoms with Gasteiger partial charge in [-0.05, 0) is 18.9 Å². The van der Waals surface area contributed by atoms with Gasteiger partial charge in [0.1, 0.15) is 0 Å². The second kappa shape index (κ2) is 6.40. The molecule has 98 valence electrons. The van der Waals surface area contributed by atoms with E-state index in [1.165, 1.54) is 0 Å². The van der Waals surface area contributed by atoms with Crippen LogP contribution >= 0.6 is 0 Å². The average molecular weight is 248 g/mol. The van der Waals surface area contributed by atoms with Crippen LogP contribution in [0.3, 0.4) is 0 Å². The van der Waals surface area contributed by atoms with Crippen molar-refractivity contribution in [3.8, 4) is 0 Å². The number of benzene rings is 1. The van der Waals surface area contributed by atoms with E-state index < -0.39 is 0 Å². The van der Waals surface area contributed by atoms with E-state index in [1.807, 2.05) is 24.3 Å². The fraction of sp³-hybridized carbons (Fsp3) is 0.500. The van der Waals surface area contributed by atoms with Crippen LogP contribution in [0.15, 0.2) is 24.3 Å². The first-order valence-electron chi connectivity index (χ1n) is 6.39. The largest absolute Gasteiger partial charge is 0.381 e. The Balaban J connectivity index is 2.05. The highest BCUT2D eigenvalue weighted by atomic mass is 16.5. The molecule has 0 saturated carbocycles. The predicted octanol–water partition coefficient (Wildman–Crippen LogP) is 1.91. The molecule has 2 N–H and O–H groups in total. The summed E-state index contributed by atoms with van der Waals surface area (Å²) in [5.41, 5.74) is 2.20. The third-order valence-electron chi connectivity index (χ3n) is 3.16. The highest BCUT2D eigenvalue weighted by Crippen LogP contribution is 2.20. The van der Waals surface area contributed by atoms with Gasteiger partial charge in [0.05, 0.1) is 6.61 Å². The molecule has 1 heterocycles. The standard InChI is InChI=1S/C14H20N2O2/c1-18-10-11-5-2-3-7-13(11)16-12-6-4-8-15-14(17)9-12/h2-3,5,7,12,16H,4,6,8-10H2,1H3,(H,15,17). The molecule has 1 atom stereocenters. The number of carbonyl (C=O) groups excluding carboxylic acids is 1. The van der Waals surface area contributed by atoms with Crippen LogP contribution in [0, 0.1) is 0 Å². The van der Waals surface area contributed by atoms with Crippen molar-refractivity contribution in [3.05, 3.63) is 29.8 Å². The first kappa shape index (κ1) is 12.9. The van der Waals surface area contributed by atoms with E-state index in [2.05, 4.69) is 10.6 Å². The highest BCUT2D eigenvalue weighted by molar-refractivity contribution is 5.77. The molecule has 1 amide bonds. The Morgan fingerprint density at radius 2 is 2.28 bits per heavy atom. The van der Waals surface area contributed by atoms with Crippen LogP contribution in [0.4, 0.5) is 5.69 Å². The molecule has 2 rings (SSSR count). The summed E-state index contributed by atoms with van der Waals surface area (Å²) in [4.78, 5) is 11.5. The molecular formula is C14H20N2O2. The van der Waals surface area contributed by atoms with Crippen LogP contribution in [-0.2, 0) is 16.1 Å². The van der Waals surface area contributed by atoms with Crippen molar-refractivity contribution in [1.29, 1.82) is 0 Å². The molecule has 1 aromatic rings. The molecule has 0 radical (unpaired) electrons. The van der Waals surface area contributed by atoms with Crippen LogP contribution in [-0.4, -0.2) is 25.6 Å². The zero-order valence-corrected chi connectivity index (χ0v) is 10.7. The van der Waals surface area contributed by atoms with Crippen LogP contribution < -0.4 is 10.6 Å². The first-order valence-corrected chi connectivity index (χ1v) is 6.39. The van der Waals surface area contributed by atoms with E-state index >= 15 is 0 Å². The lowest BCUT2D eigenvalue weighted by molar-refractivity contribution is -0.120. The van der Waals surface area contributed by atoms with Crippen molar-refractivity contribution < 1.29 is 9.53 Å². The van der Waals surface area contributed by atoms with E-state index in [0.717, 1.165) is 30.6 Å². The lowest BCUT2D eigenvalue weighted by Gasteiger charge is -2.19. The number of anilines is 1. The third-order valence-corrected chi connectivity index (χ3v) is 3.16. The summed E-state index contributed by atoms with van der Waals surface area (Å²) in [6.45, 7) is 1.37. The summed E-state index contributed by atoms with van der Waals surface area (Å²) in [5.74, 6) is 0.134. The zero-order valence-electron chi connectivity index (χ0n) is 10.7. The maximum absolute atomic E-state index is 11.5. The quantitative estimate of drug-likeness (QED) is 0.856. The molecule has 1 aliphatic heterocycles. The van der Waals surface area contributed by atoms with Gasteiger partial charge in [0.2, 0.25) is 5.91 Å². The topological polar surface area (TPSA) is 50.4 Å². The summed E-state index contributed by atoms with van der Waals surface area (Å²) in [5, 5.41) is 6.36. The van der Waals surface area contributed by atoms with E-state index in [1.54, 1.807) is 7.11 Å². The SMILES string of the molecule is COCc1ccccc1NC1CCCNC(=O)C1. The number of hydrogen-bond acceptors (Lipinski definition) is 3. The van der Waals surface area contributed by atoms with Crippen LogP contribution in [0.5, 0.6) is 0 Å². The molecule has 0 aromatic heterocycles. The molecule has 1 aromatic carbocycles. The minimum absolute atomic E-state index is 0.134. The minimum Gasteiger partial charge on any atom is -0.381 e. The lowest BCUT2D eigenvalue weighted by Crippen LogP contribution is -2.27. The molecular weight excluding hydrogens is 228 g/mol. The molecule has 4 heteroatoms. The van der Waals surface area contributed by atoms with E-state index in [0.29, 0.717) is 13.0 Å². The van der Waals surface area contributed by atoms with Gasteiger partial charge in [0.15, 0.2) is 0 Å².